The molecule has 0 atom stereocenters. The molecule has 7 nitrogen and oxygen atoms in total. The first kappa shape index (κ1) is 19.6. The Bertz CT molecular complexity index is 638. The maximum Gasteiger partial charge on any atom is 0.309 e. The van der Waals surface area contributed by atoms with Crippen LogP contribution in [0, 0.1) is 5.92 Å². The van der Waals surface area contributed by atoms with Gasteiger partial charge in [-0.05, 0) is 43.9 Å². The molecule has 0 unspecified atom stereocenters. The number of anilines is 1. The Morgan fingerprint density at radius 2 is 1.96 bits per heavy atom. The summed E-state index contributed by atoms with van der Waals surface area (Å²) in [6.07, 6.45) is 4.39. The van der Waals surface area contributed by atoms with E-state index in [-0.39, 0.29) is 17.8 Å². The molecule has 2 aliphatic heterocycles. The monoisotopic (exact) mass is 375 g/mol. The molecule has 2 fully saturated rings. The molecule has 3 rings (SSSR count). The summed E-state index contributed by atoms with van der Waals surface area (Å²) in [6, 6.07) is 4.05. The minimum atomic E-state index is -0.128. The summed E-state index contributed by atoms with van der Waals surface area (Å²) in [4.78, 5) is 32.9. The van der Waals surface area contributed by atoms with Crippen molar-refractivity contribution in [3.05, 3.63) is 23.9 Å². The van der Waals surface area contributed by atoms with E-state index >= 15 is 0 Å². The molecule has 0 radical (unpaired) electrons. The van der Waals surface area contributed by atoms with Crippen molar-refractivity contribution < 1.29 is 19.1 Å². The number of hydrogen-bond donors (Lipinski definition) is 0. The van der Waals surface area contributed by atoms with Crippen molar-refractivity contribution in [1.82, 2.24) is 9.88 Å². The number of pyridine rings is 1. The van der Waals surface area contributed by atoms with Crippen LogP contribution in [0.2, 0.25) is 0 Å². The molecule has 0 aliphatic carbocycles. The molecule has 7 heteroatoms. The quantitative estimate of drug-likeness (QED) is 0.704. The Labute approximate surface area is 160 Å². The van der Waals surface area contributed by atoms with Crippen LogP contribution in [-0.2, 0) is 25.5 Å². The van der Waals surface area contributed by atoms with Gasteiger partial charge in [0.25, 0.3) is 0 Å². The molecule has 1 aromatic rings. The molecule has 148 valence electrons. The second-order valence-electron chi connectivity index (χ2n) is 7.03. The van der Waals surface area contributed by atoms with Crippen molar-refractivity contribution in [1.29, 1.82) is 0 Å². The van der Waals surface area contributed by atoms with Crippen LogP contribution in [0.3, 0.4) is 0 Å². The van der Waals surface area contributed by atoms with Gasteiger partial charge >= 0.3 is 5.97 Å². The second-order valence-corrected chi connectivity index (χ2v) is 7.03. The fourth-order valence-corrected chi connectivity index (χ4v) is 3.62. The van der Waals surface area contributed by atoms with Crippen LogP contribution in [0.5, 0.6) is 0 Å². The van der Waals surface area contributed by atoms with Crippen LogP contribution in [0.1, 0.15) is 31.7 Å². The summed E-state index contributed by atoms with van der Waals surface area (Å²) in [5, 5.41) is 0. The molecule has 0 aromatic carbocycles. The standard InChI is InChI=1S/C20H29N3O4/c1-2-27-20(25)17-6-9-23(10-7-17)19(24)4-3-16-5-8-21-18(15-16)22-11-13-26-14-12-22/h5,8,15,17H,2-4,6-7,9-14H2,1H3. The number of hydrogen-bond acceptors (Lipinski definition) is 6. The van der Waals surface area contributed by atoms with E-state index in [0.29, 0.717) is 45.4 Å². The third-order valence-corrected chi connectivity index (χ3v) is 5.24. The van der Waals surface area contributed by atoms with Crippen LogP contribution in [-0.4, -0.2) is 67.8 Å². The van der Waals surface area contributed by atoms with Crippen LogP contribution < -0.4 is 4.90 Å². The number of carbonyl (C=O) groups excluding carboxylic acids is 2. The number of amides is 1. The highest BCUT2D eigenvalue weighted by molar-refractivity contribution is 5.77. The van der Waals surface area contributed by atoms with Crippen molar-refractivity contribution in [2.24, 2.45) is 5.92 Å². The van der Waals surface area contributed by atoms with Gasteiger partial charge in [0, 0.05) is 38.8 Å². The largest absolute Gasteiger partial charge is 0.466 e. The first-order valence-electron chi connectivity index (χ1n) is 9.89. The van der Waals surface area contributed by atoms with E-state index < -0.39 is 0 Å². The lowest BCUT2D eigenvalue weighted by atomic mass is 9.96. The van der Waals surface area contributed by atoms with Gasteiger partial charge in [0.15, 0.2) is 0 Å². The van der Waals surface area contributed by atoms with Gasteiger partial charge in [-0.3, -0.25) is 9.59 Å². The summed E-state index contributed by atoms with van der Waals surface area (Å²) < 4.78 is 10.5. The van der Waals surface area contributed by atoms with Gasteiger partial charge in [-0.15, -0.1) is 0 Å². The summed E-state index contributed by atoms with van der Waals surface area (Å²) in [7, 11) is 0. The Morgan fingerprint density at radius 3 is 2.67 bits per heavy atom. The number of likely N-dealkylation sites (tertiary alicyclic amines) is 1. The predicted molar refractivity (Wildman–Crippen MR) is 102 cm³/mol. The zero-order valence-electron chi connectivity index (χ0n) is 16.1. The van der Waals surface area contributed by atoms with Crippen LogP contribution in [0.15, 0.2) is 18.3 Å². The number of morpholine rings is 1. The van der Waals surface area contributed by atoms with E-state index in [2.05, 4.69) is 16.0 Å². The van der Waals surface area contributed by atoms with Crippen molar-refractivity contribution in [3.63, 3.8) is 0 Å². The molecule has 0 N–H and O–H groups in total. The average Bonchev–Trinajstić information content (AvgIpc) is 2.73. The van der Waals surface area contributed by atoms with E-state index in [1.807, 2.05) is 24.1 Å². The number of aromatic nitrogens is 1. The molecule has 0 saturated carbocycles. The molecular weight excluding hydrogens is 346 g/mol. The number of aryl methyl sites for hydroxylation is 1. The molecule has 2 aliphatic rings. The van der Waals surface area contributed by atoms with Gasteiger partial charge in [-0.25, -0.2) is 4.98 Å². The molecule has 0 spiro atoms. The third-order valence-electron chi connectivity index (χ3n) is 5.24. The fourth-order valence-electron chi connectivity index (χ4n) is 3.62. The zero-order valence-corrected chi connectivity index (χ0v) is 16.1. The Hall–Kier alpha value is -2.15. The predicted octanol–water partition coefficient (Wildman–Crippen LogP) is 1.65. The van der Waals surface area contributed by atoms with Crippen LogP contribution >= 0.6 is 0 Å². The topological polar surface area (TPSA) is 72.0 Å². The Morgan fingerprint density at radius 1 is 1.22 bits per heavy atom. The maximum absolute atomic E-state index is 12.5. The Kier molecular flexibility index (Phi) is 7.04. The SMILES string of the molecule is CCOC(=O)C1CCN(C(=O)CCc2ccnc(N3CCOCC3)c2)CC1. The minimum Gasteiger partial charge on any atom is -0.466 e. The van der Waals surface area contributed by atoms with Gasteiger partial charge in [0.2, 0.25) is 5.91 Å². The first-order valence-corrected chi connectivity index (χ1v) is 9.89. The smallest absolute Gasteiger partial charge is 0.309 e. The molecular formula is C20H29N3O4. The lowest BCUT2D eigenvalue weighted by Crippen LogP contribution is -2.40. The summed E-state index contributed by atoms with van der Waals surface area (Å²) in [6.45, 7) is 6.67. The highest BCUT2D eigenvalue weighted by Gasteiger charge is 2.27. The number of carbonyl (C=O) groups is 2. The number of esters is 1. The zero-order chi connectivity index (χ0) is 19.1. The van der Waals surface area contributed by atoms with E-state index in [4.69, 9.17) is 9.47 Å². The fraction of sp³-hybridized carbons (Fsp3) is 0.650. The summed E-state index contributed by atoms with van der Waals surface area (Å²) in [5.41, 5.74) is 1.13. The van der Waals surface area contributed by atoms with Crippen molar-refractivity contribution in [3.8, 4) is 0 Å². The van der Waals surface area contributed by atoms with Gasteiger partial charge < -0.3 is 19.3 Å². The van der Waals surface area contributed by atoms with E-state index in [1.165, 1.54) is 0 Å². The molecule has 27 heavy (non-hydrogen) atoms. The molecule has 2 saturated heterocycles. The Balaban J connectivity index is 1.46. The minimum absolute atomic E-state index is 0.0646. The maximum atomic E-state index is 12.5. The average molecular weight is 375 g/mol. The molecule has 1 amide bonds. The molecule has 1 aromatic heterocycles. The molecule has 3 heterocycles. The van der Waals surface area contributed by atoms with Gasteiger partial charge in [0.1, 0.15) is 5.82 Å². The number of ether oxygens (including phenoxy) is 2. The summed E-state index contributed by atoms with van der Waals surface area (Å²) in [5.74, 6) is 0.919. The van der Waals surface area contributed by atoms with E-state index in [1.54, 1.807) is 0 Å². The second kappa shape index (κ2) is 9.69. The number of piperidine rings is 1. The number of rotatable bonds is 6. The normalized spacial score (nSPS) is 18.4. The highest BCUT2D eigenvalue weighted by Crippen LogP contribution is 2.20. The van der Waals surface area contributed by atoms with Gasteiger partial charge in [0.05, 0.1) is 25.7 Å². The summed E-state index contributed by atoms with van der Waals surface area (Å²) >= 11 is 0. The first-order chi connectivity index (χ1) is 13.2. The molecule has 0 bridgehead atoms. The lowest BCUT2D eigenvalue weighted by molar-refractivity contribution is -0.151. The van der Waals surface area contributed by atoms with Crippen molar-refractivity contribution in [2.75, 3.05) is 50.9 Å². The van der Waals surface area contributed by atoms with Crippen molar-refractivity contribution in [2.45, 2.75) is 32.6 Å². The van der Waals surface area contributed by atoms with Crippen LogP contribution in [0.4, 0.5) is 5.82 Å². The van der Waals surface area contributed by atoms with Crippen LogP contribution in [0.25, 0.3) is 0 Å². The number of nitrogens with zero attached hydrogens (tertiary/aromatic N) is 3. The van der Waals surface area contributed by atoms with Gasteiger partial charge in [-0.2, -0.15) is 0 Å². The van der Waals surface area contributed by atoms with E-state index in [9.17, 15) is 9.59 Å². The highest BCUT2D eigenvalue weighted by atomic mass is 16.5. The van der Waals surface area contributed by atoms with Gasteiger partial charge in [-0.1, -0.05) is 0 Å². The lowest BCUT2D eigenvalue weighted by Gasteiger charge is -2.31. The third kappa shape index (κ3) is 5.42. The van der Waals surface area contributed by atoms with Crippen molar-refractivity contribution >= 4 is 17.7 Å². The van der Waals surface area contributed by atoms with E-state index in [0.717, 1.165) is 37.7 Å².